The molecule has 3 rings (SSSR count). The van der Waals surface area contributed by atoms with Crippen LogP contribution in [-0.4, -0.2) is 16.1 Å². The molecule has 1 atom stereocenters. The fourth-order valence-electron chi connectivity index (χ4n) is 2.97. The summed E-state index contributed by atoms with van der Waals surface area (Å²) in [6.45, 7) is 5.35. The fraction of sp³-hybridized carbons (Fsp3) is 0.231. The Morgan fingerprint density at radius 1 is 0.966 bits per heavy atom. The van der Waals surface area contributed by atoms with Crippen molar-refractivity contribution in [2.45, 2.75) is 38.8 Å². The van der Waals surface area contributed by atoms with Gasteiger partial charge >= 0.3 is 0 Å². The first-order valence-electron chi connectivity index (χ1n) is 9.91. The lowest BCUT2D eigenvalue weighted by Gasteiger charge is -2.05. The van der Waals surface area contributed by atoms with Gasteiger partial charge in [-0.05, 0) is 61.6 Å². The molecule has 3 heteroatoms. The molecule has 3 aromatic rings. The molecule has 0 fully saturated rings. The second-order valence-electron chi connectivity index (χ2n) is 7.04. The van der Waals surface area contributed by atoms with Crippen molar-refractivity contribution in [3.63, 3.8) is 0 Å². The molecule has 0 amide bonds. The van der Waals surface area contributed by atoms with Crippen LogP contribution in [0.5, 0.6) is 0 Å². The maximum absolute atomic E-state index is 12.8. The van der Waals surface area contributed by atoms with E-state index in [-0.39, 0.29) is 0 Å². The predicted octanol–water partition coefficient (Wildman–Crippen LogP) is 6.42. The fourth-order valence-corrected chi connectivity index (χ4v) is 2.97. The van der Waals surface area contributed by atoms with E-state index in [4.69, 9.17) is 0 Å². The largest absolute Gasteiger partial charge is 0.248 e. The van der Waals surface area contributed by atoms with Gasteiger partial charge in [-0.1, -0.05) is 42.2 Å². The van der Waals surface area contributed by atoms with Crippen molar-refractivity contribution in [3.8, 4) is 34.4 Å². The highest BCUT2D eigenvalue weighted by Gasteiger charge is 2.04. The Hall–Kier alpha value is -3.25. The van der Waals surface area contributed by atoms with E-state index >= 15 is 0 Å². The van der Waals surface area contributed by atoms with Crippen molar-refractivity contribution in [2.75, 3.05) is 0 Å². The average Bonchev–Trinajstić information content (AvgIpc) is 2.75. The number of halogens is 1. The van der Waals surface area contributed by atoms with E-state index in [0.717, 1.165) is 41.5 Å². The van der Waals surface area contributed by atoms with Gasteiger partial charge in [0.25, 0.3) is 0 Å². The van der Waals surface area contributed by atoms with Crippen molar-refractivity contribution in [2.24, 2.45) is 0 Å². The van der Waals surface area contributed by atoms with Crippen LogP contribution in [0.1, 0.15) is 37.3 Å². The van der Waals surface area contributed by atoms with E-state index in [2.05, 4.69) is 52.7 Å². The Bertz CT molecular complexity index is 976. The van der Waals surface area contributed by atoms with Gasteiger partial charge in [0, 0.05) is 35.5 Å². The summed E-state index contributed by atoms with van der Waals surface area (Å²) < 4.78 is 12.8. The molecule has 29 heavy (non-hydrogen) atoms. The SMILES string of the molecule is C=CCc1ccc(-c2cnc(-c3ccc(C#CCCCC(C)F)cc3)nc2)cc1. The molecule has 146 valence electrons. The van der Waals surface area contributed by atoms with Crippen LogP contribution in [-0.2, 0) is 6.42 Å². The molecule has 0 spiro atoms. The van der Waals surface area contributed by atoms with Crippen LogP contribution in [0.4, 0.5) is 4.39 Å². The van der Waals surface area contributed by atoms with Gasteiger partial charge in [-0.2, -0.15) is 0 Å². The molecule has 1 aromatic heterocycles. The number of allylic oxidation sites excluding steroid dienone is 1. The lowest BCUT2D eigenvalue weighted by Crippen LogP contribution is -1.91. The summed E-state index contributed by atoms with van der Waals surface area (Å²) >= 11 is 0. The molecule has 0 aliphatic carbocycles. The lowest BCUT2D eigenvalue weighted by atomic mass is 10.1. The third-order valence-electron chi connectivity index (χ3n) is 4.60. The van der Waals surface area contributed by atoms with E-state index < -0.39 is 6.17 Å². The molecule has 0 saturated carbocycles. The Kier molecular flexibility index (Phi) is 7.30. The minimum absolute atomic E-state index is 0.569. The lowest BCUT2D eigenvalue weighted by molar-refractivity contribution is 0.336. The molecule has 1 heterocycles. The zero-order valence-corrected chi connectivity index (χ0v) is 16.7. The number of rotatable bonds is 7. The number of aromatic nitrogens is 2. The van der Waals surface area contributed by atoms with E-state index in [1.54, 1.807) is 6.92 Å². The quantitative estimate of drug-likeness (QED) is 0.267. The molecule has 0 saturated heterocycles. The molecule has 0 bridgehead atoms. The van der Waals surface area contributed by atoms with Crippen LogP contribution in [0.25, 0.3) is 22.5 Å². The van der Waals surface area contributed by atoms with Crippen molar-refractivity contribution in [1.82, 2.24) is 9.97 Å². The molecule has 0 aliphatic heterocycles. The van der Waals surface area contributed by atoms with Gasteiger partial charge in [0.2, 0.25) is 0 Å². The van der Waals surface area contributed by atoms with Crippen molar-refractivity contribution < 1.29 is 4.39 Å². The number of hydrogen-bond acceptors (Lipinski definition) is 2. The first kappa shape index (κ1) is 20.5. The molecule has 2 aromatic carbocycles. The zero-order valence-electron chi connectivity index (χ0n) is 16.7. The molecule has 0 aliphatic rings. The van der Waals surface area contributed by atoms with Crippen LogP contribution < -0.4 is 0 Å². The molecule has 0 radical (unpaired) electrons. The highest BCUT2D eigenvalue weighted by molar-refractivity contribution is 5.64. The summed E-state index contributed by atoms with van der Waals surface area (Å²) in [7, 11) is 0. The topological polar surface area (TPSA) is 25.8 Å². The normalized spacial score (nSPS) is 11.4. The van der Waals surface area contributed by atoms with Gasteiger partial charge in [-0.15, -0.1) is 6.58 Å². The Labute approximate surface area is 172 Å². The average molecular weight is 384 g/mol. The number of alkyl halides is 1. The van der Waals surface area contributed by atoms with Gasteiger partial charge in [0.05, 0.1) is 6.17 Å². The van der Waals surface area contributed by atoms with E-state index in [1.807, 2.05) is 42.7 Å². The Balaban J connectivity index is 1.64. The van der Waals surface area contributed by atoms with Gasteiger partial charge in [-0.3, -0.25) is 0 Å². The maximum Gasteiger partial charge on any atom is 0.159 e. The minimum atomic E-state index is -0.751. The van der Waals surface area contributed by atoms with Crippen LogP contribution in [0.3, 0.4) is 0 Å². The van der Waals surface area contributed by atoms with E-state index in [1.165, 1.54) is 5.56 Å². The highest BCUT2D eigenvalue weighted by Crippen LogP contribution is 2.21. The number of hydrogen-bond donors (Lipinski definition) is 0. The summed E-state index contributed by atoms with van der Waals surface area (Å²) in [6, 6.07) is 16.3. The molecule has 1 unspecified atom stereocenters. The monoisotopic (exact) mass is 384 g/mol. The Morgan fingerprint density at radius 3 is 2.24 bits per heavy atom. The molecular weight excluding hydrogens is 359 g/mol. The number of unbranched alkanes of at least 4 members (excludes halogenated alkanes) is 1. The molecule has 2 nitrogen and oxygen atoms in total. The van der Waals surface area contributed by atoms with Crippen LogP contribution in [0, 0.1) is 11.8 Å². The summed E-state index contributed by atoms with van der Waals surface area (Å²) in [5.74, 6) is 6.91. The molecule has 0 N–H and O–H groups in total. The van der Waals surface area contributed by atoms with Crippen LogP contribution in [0.15, 0.2) is 73.6 Å². The van der Waals surface area contributed by atoms with Crippen molar-refractivity contribution >= 4 is 0 Å². The van der Waals surface area contributed by atoms with Crippen LogP contribution in [0.2, 0.25) is 0 Å². The molecular formula is C26H25FN2. The Morgan fingerprint density at radius 2 is 1.62 bits per heavy atom. The number of nitrogens with zero attached hydrogens (tertiary/aromatic N) is 2. The number of benzene rings is 2. The second-order valence-corrected chi connectivity index (χ2v) is 7.04. The second kappa shape index (κ2) is 10.3. The first-order valence-corrected chi connectivity index (χ1v) is 9.91. The van der Waals surface area contributed by atoms with Crippen molar-refractivity contribution in [3.05, 3.63) is 84.7 Å². The third-order valence-corrected chi connectivity index (χ3v) is 4.60. The van der Waals surface area contributed by atoms with Crippen LogP contribution >= 0.6 is 0 Å². The standard InChI is InChI=1S/C26H25FN2/c1-3-7-21-10-14-23(15-11-21)25-18-28-26(29-19-25)24-16-12-22(13-17-24)9-6-4-5-8-20(2)27/h3,10-20H,1,4-5,7-8H2,2H3. The van der Waals surface area contributed by atoms with Gasteiger partial charge in [0.1, 0.15) is 0 Å². The van der Waals surface area contributed by atoms with E-state index in [9.17, 15) is 4.39 Å². The third kappa shape index (κ3) is 6.12. The van der Waals surface area contributed by atoms with Gasteiger partial charge < -0.3 is 0 Å². The van der Waals surface area contributed by atoms with Gasteiger partial charge in [0.15, 0.2) is 5.82 Å². The maximum atomic E-state index is 12.8. The van der Waals surface area contributed by atoms with Crippen molar-refractivity contribution in [1.29, 1.82) is 0 Å². The zero-order chi connectivity index (χ0) is 20.5. The minimum Gasteiger partial charge on any atom is -0.248 e. The summed E-state index contributed by atoms with van der Waals surface area (Å²) in [6.07, 6.45) is 7.80. The smallest absolute Gasteiger partial charge is 0.159 e. The summed E-state index contributed by atoms with van der Waals surface area (Å²) in [4.78, 5) is 9.04. The highest BCUT2D eigenvalue weighted by atomic mass is 19.1. The first-order chi connectivity index (χ1) is 14.2. The van der Waals surface area contributed by atoms with E-state index in [0.29, 0.717) is 12.2 Å². The predicted molar refractivity (Wildman–Crippen MR) is 118 cm³/mol. The summed E-state index contributed by atoms with van der Waals surface area (Å²) in [5, 5.41) is 0. The summed E-state index contributed by atoms with van der Waals surface area (Å²) in [5.41, 5.74) is 5.22. The van der Waals surface area contributed by atoms with Gasteiger partial charge in [-0.25, -0.2) is 14.4 Å².